The highest BCUT2D eigenvalue weighted by Crippen LogP contribution is 2.24. The first kappa shape index (κ1) is 23.2. The van der Waals surface area contributed by atoms with Crippen LogP contribution in [-0.2, 0) is 4.79 Å². The summed E-state index contributed by atoms with van der Waals surface area (Å²) in [6.07, 6.45) is 8.47. The van der Waals surface area contributed by atoms with Crippen molar-refractivity contribution in [3.63, 3.8) is 0 Å². The summed E-state index contributed by atoms with van der Waals surface area (Å²) in [5.41, 5.74) is 1.86. The Labute approximate surface area is 195 Å². The number of aliphatic carboxylic acids is 1. The van der Waals surface area contributed by atoms with E-state index in [0.29, 0.717) is 0 Å². The maximum Gasteiger partial charge on any atom is 0.326 e. The zero-order chi connectivity index (χ0) is 23.1. The molecule has 2 aromatic carbocycles. The molecule has 0 spiro atoms. The van der Waals surface area contributed by atoms with E-state index in [-0.39, 0.29) is 22.0 Å². The third-order valence-corrected chi connectivity index (χ3v) is 5.28. The number of carboxylic acid groups (broad SMARTS) is 1. The molecule has 1 amide bonds. The first-order chi connectivity index (χ1) is 15.4. The van der Waals surface area contributed by atoms with E-state index in [4.69, 9.17) is 23.2 Å². The molecular formula is C23H20Cl2N4O3. The minimum atomic E-state index is -1.16. The number of rotatable bonds is 8. The van der Waals surface area contributed by atoms with Gasteiger partial charge in [0, 0.05) is 25.1 Å². The predicted octanol–water partition coefficient (Wildman–Crippen LogP) is 4.84. The van der Waals surface area contributed by atoms with Gasteiger partial charge in [-0.2, -0.15) is 0 Å². The molecule has 1 atom stereocenters. The topological polar surface area (TPSA) is 95.4 Å². The number of benzene rings is 2. The predicted molar refractivity (Wildman–Crippen MR) is 126 cm³/mol. The minimum Gasteiger partial charge on any atom is -0.480 e. The van der Waals surface area contributed by atoms with E-state index in [2.05, 4.69) is 15.3 Å². The lowest BCUT2D eigenvalue weighted by molar-refractivity contribution is -0.139. The molecule has 9 heteroatoms. The van der Waals surface area contributed by atoms with Crippen LogP contribution in [0.5, 0.6) is 0 Å². The fourth-order valence-electron chi connectivity index (χ4n) is 2.91. The number of halogens is 2. The van der Waals surface area contributed by atoms with Crippen LogP contribution in [0.25, 0.3) is 6.08 Å². The van der Waals surface area contributed by atoms with Crippen molar-refractivity contribution < 1.29 is 14.7 Å². The smallest absolute Gasteiger partial charge is 0.326 e. The molecule has 1 unspecified atom stereocenters. The van der Waals surface area contributed by atoms with Gasteiger partial charge in [0.2, 0.25) is 0 Å². The highest BCUT2D eigenvalue weighted by atomic mass is 35.5. The van der Waals surface area contributed by atoms with Gasteiger partial charge in [-0.25, -0.2) is 9.78 Å². The van der Waals surface area contributed by atoms with Crippen molar-refractivity contribution in [3.05, 3.63) is 88.3 Å². The Balaban J connectivity index is 1.64. The summed E-state index contributed by atoms with van der Waals surface area (Å²) in [4.78, 5) is 34.3. The van der Waals surface area contributed by atoms with Crippen LogP contribution < -0.4 is 10.2 Å². The Kier molecular flexibility index (Phi) is 7.81. The third-order valence-electron chi connectivity index (χ3n) is 4.65. The fourth-order valence-corrected chi connectivity index (χ4v) is 3.48. The molecule has 3 rings (SSSR count). The Morgan fingerprint density at radius 3 is 2.41 bits per heavy atom. The molecule has 32 heavy (non-hydrogen) atoms. The van der Waals surface area contributed by atoms with Crippen molar-refractivity contribution in [1.29, 1.82) is 0 Å². The second kappa shape index (κ2) is 10.7. The summed E-state index contributed by atoms with van der Waals surface area (Å²) in [7, 11) is 1.89. The van der Waals surface area contributed by atoms with Crippen molar-refractivity contribution in [3.8, 4) is 0 Å². The molecule has 0 saturated heterocycles. The molecule has 0 aliphatic heterocycles. The Morgan fingerprint density at radius 1 is 1.12 bits per heavy atom. The average Bonchev–Trinajstić information content (AvgIpc) is 2.78. The monoisotopic (exact) mass is 470 g/mol. The molecule has 7 nitrogen and oxygen atoms in total. The number of anilines is 2. The number of carbonyl (C=O) groups excluding carboxylic acids is 1. The third kappa shape index (κ3) is 5.84. The SMILES string of the molecule is CN(c1ccc(/C=C/CC(NC(=O)c2c(Cl)cccc2Cl)C(=O)O)cc1)c1cnccn1. The molecule has 0 fully saturated rings. The van der Waals surface area contributed by atoms with Crippen molar-refractivity contribution in [1.82, 2.24) is 15.3 Å². The second-order valence-electron chi connectivity index (χ2n) is 6.81. The molecular weight excluding hydrogens is 451 g/mol. The van der Waals surface area contributed by atoms with Crippen LogP contribution in [0.1, 0.15) is 22.3 Å². The molecule has 1 heterocycles. The van der Waals surface area contributed by atoms with E-state index < -0.39 is 17.9 Å². The van der Waals surface area contributed by atoms with Crippen molar-refractivity contribution in [2.45, 2.75) is 12.5 Å². The van der Waals surface area contributed by atoms with Gasteiger partial charge in [-0.15, -0.1) is 0 Å². The average molecular weight is 471 g/mol. The number of carboxylic acids is 1. The number of carbonyl (C=O) groups is 2. The molecule has 0 saturated carbocycles. The number of nitrogens with zero attached hydrogens (tertiary/aromatic N) is 3. The summed E-state index contributed by atoms with van der Waals surface area (Å²) < 4.78 is 0. The summed E-state index contributed by atoms with van der Waals surface area (Å²) in [6, 6.07) is 11.2. The zero-order valence-electron chi connectivity index (χ0n) is 17.1. The lowest BCUT2D eigenvalue weighted by atomic mass is 10.1. The van der Waals surface area contributed by atoms with Gasteiger partial charge in [0.15, 0.2) is 5.82 Å². The minimum absolute atomic E-state index is 0.0499. The highest BCUT2D eigenvalue weighted by molar-refractivity contribution is 6.39. The molecule has 0 aliphatic carbocycles. The maximum atomic E-state index is 12.5. The van der Waals surface area contributed by atoms with Crippen LogP contribution in [-0.4, -0.2) is 40.0 Å². The van der Waals surface area contributed by atoms with Gasteiger partial charge in [-0.3, -0.25) is 9.78 Å². The van der Waals surface area contributed by atoms with Crippen LogP contribution in [0.3, 0.4) is 0 Å². The highest BCUT2D eigenvalue weighted by Gasteiger charge is 2.22. The molecule has 2 N–H and O–H groups in total. The Bertz CT molecular complexity index is 1100. The number of hydrogen-bond donors (Lipinski definition) is 2. The lowest BCUT2D eigenvalue weighted by Gasteiger charge is -2.17. The van der Waals surface area contributed by atoms with Crippen molar-refractivity contribution in [2.75, 3.05) is 11.9 Å². The number of nitrogens with one attached hydrogen (secondary N) is 1. The Morgan fingerprint density at radius 2 is 1.81 bits per heavy atom. The maximum absolute atomic E-state index is 12.5. The van der Waals surface area contributed by atoms with Gasteiger partial charge in [0.25, 0.3) is 5.91 Å². The van der Waals surface area contributed by atoms with Gasteiger partial charge >= 0.3 is 5.97 Å². The normalized spacial score (nSPS) is 11.8. The number of aromatic nitrogens is 2. The van der Waals surface area contributed by atoms with Gasteiger partial charge in [-0.1, -0.05) is 53.6 Å². The van der Waals surface area contributed by atoms with E-state index in [9.17, 15) is 14.7 Å². The summed E-state index contributed by atoms with van der Waals surface area (Å²) >= 11 is 12.1. The first-order valence-corrected chi connectivity index (χ1v) is 10.4. The number of amides is 1. The van der Waals surface area contributed by atoms with E-state index in [0.717, 1.165) is 17.1 Å². The fraction of sp³-hybridized carbons (Fsp3) is 0.130. The summed E-state index contributed by atoms with van der Waals surface area (Å²) in [5, 5.41) is 12.3. The molecule has 1 aromatic heterocycles. The number of hydrogen-bond acceptors (Lipinski definition) is 5. The largest absolute Gasteiger partial charge is 0.480 e. The lowest BCUT2D eigenvalue weighted by Crippen LogP contribution is -2.40. The van der Waals surface area contributed by atoms with E-state index >= 15 is 0 Å². The van der Waals surface area contributed by atoms with E-state index in [1.807, 2.05) is 36.2 Å². The summed E-state index contributed by atoms with van der Waals surface area (Å²) in [5.74, 6) is -1.08. The van der Waals surface area contributed by atoms with Gasteiger partial charge in [-0.05, 0) is 36.2 Å². The van der Waals surface area contributed by atoms with Crippen LogP contribution >= 0.6 is 23.2 Å². The molecule has 0 radical (unpaired) electrons. The summed E-state index contributed by atoms with van der Waals surface area (Å²) in [6.45, 7) is 0. The molecule has 164 valence electrons. The second-order valence-corrected chi connectivity index (χ2v) is 7.63. The standard InChI is InChI=1S/C23H20Cl2N4O3/c1-29(20-14-26-12-13-27-20)16-10-8-15(9-11-16)4-2-7-19(23(31)32)28-22(30)21-17(24)5-3-6-18(21)25/h2-6,8-14,19H,7H2,1H3,(H,28,30)(H,31,32)/b4-2+. The van der Waals surface area contributed by atoms with E-state index in [1.54, 1.807) is 36.8 Å². The van der Waals surface area contributed by atoms with Crippen LogP contribution in [0.4, 0.5) is 11.5 Å². The van der Waals surface area contributed by atoms with Gasteiger partial charge < -0.3 is 15.3 Å². The molecule has 0 aliphatic rings. The van der Waals surface area contributed by atoms with Gasteiger partial charge in [0.1, 0.15) is 6.04 Å². The van der Waals surface area contributed by atoms with Crippen LogP contribution in [0, 0.1) is 0 Å². The van der Waals surface area contributed by atoms with Gasteiger partial charge in [0.05, 0.1) is 21.8 Å². The zero-order valence-corrected chi connectivity index (χ0v) is 18.6. The van der Waals surface area contributed by atoms with Crippen molar-refractivity contribution in [2.24, 2.45) is 0 Å². The molecule has 3 aromatic rings. The Hall–Kier alpha value is -3.42. The van der Waals surface area contributed by atoms with Crippen LogP contribution in [0.15, 0.2) is 67.1 Å². The first-order valence-electron chi connectivity index (χ1n) is 9.61. The molecule has 0 bridgehead atoms. The van der Waals surface area contributed by atoms with Crippen molar-refractivity contribution >= 4 is 52.7 Å². The van der Waals surface area contributed by atoms with Crippen LogP contribution in [0.2, 0.25) is 10.0 Å². The quantitative estimate of drug-likeness (QED) is 0.488. The van der Waals surface area contributed by atoms with E-state index in [1.165, 1.54) is 12.1 Å².